The highest BCUT2D eigenvalue weighted by atomic mass is 79.9. The first-order valence-electron chi connectivity index (χ1n) is 5.36. The molecule has 0 spiro atoms. The number of ether oxygens (including phenoxy) is 2. The van der Waals surface area contributed by atoms with E-state index < -0.39 is 0 Å². The average Bonchev–Trinajstić information content (AvgIpc) is 2.38. The van der Waals surface area contributed by atoms with Crippen molar-refractivity contribution in [2.24, 2.45) is 0 Å². The monoisotopic (exact) mass is 317 g/mol. The zero-order valence-corrected chi connectivity index (χ0v) is 12.1. The topological polar surface area (TPSA) is 67.8 Å². The Hall–Kier alpha value is -1.27. The fourth-order valence-electron chi connectivity index (χ4n) is 1.35. The first-order valence-corrected chi connectivity index (χ1v) is 6.16. The molecule has 0 aliphatic carbocycles. The highest BCUT2D eigenvalue weighted by Crippen LogP contribution is 2.35. The van der Waals surface area contributed by atoms with Crippen LogP contribution in [0.2, 0.25) is 0 Å². The number of rotatable bonds is 5. The van der Waals surface area contributed by atoms with Gasteiger partial charge in [-0.05, 0) is 35.0 Å². The zero-order chi connectivity index (χ0) is 13.7. The Kier molecular flexibility index (Phi) is 5.43. The Balaban J connectivity index is 3.05. The minimum atomic E-state index is -0.307. The number of benzene rings is 1. The molecule has 0 saturated carbocycles. The SMILES string of the molecule is COc1cc(C(=O)N[C@@H](C)CO)cc(OC)c1Br. The summed E-state index contributed by atoms with van der Waals surface area (Å²) in [6, 6.07) is 2.90. The van der Waals surface area contributed by atoms with Crippen LogP contribution in [0, 0.1) is 0 Å². The van der Waals surface area contributed by atoms with Crippen LogP contribution in [-0.2, 0) is 0 Å². The molecule has 0 heterocycles. The van der Waals surface area contributed by atoms with Gasteiger partial charge in [0.15, 0.2) is 0 Å². The number of methoxy groups -OCH3 is 2. The van der Waals surface area contributed by atoms with Crippen LogP contribution < -0.4 is 14.8 Å². The second-order valence-corrected chi connectivity index (χ2v) is 4.54. The van der Waals surface area contributed by atoms with Crippen LogP contribution in [0.25, 0.3) is 0 Å². The molecule has 0 bridgehead atoms. The highest BCUT2D eigenvalue weighted by Gasteiger charge is 2.15. The van der Waals surface area contributed by atoms with E-state index in [0.29, 0.717) is 21.5 Å². The van der Waals surface area contributed by atoms with Gasteiger partial charge in [0.05, 0.1) is 20.8 Å². The average molecular weight is 318 g/mol. The van der Waals surface area contributed by atoms with Crippen LogP contribution >= 0.6 is 15.9 Å². The Morgan fingerprint density at radius 3 is 2.28 bits per heavy atom. The van der Waals surface area contributed by atoms with E-state index in [1.165, 1.54) is 14.2 Å². The van der Waals surface area contributed by atoms with E-state index in [9.17, 15) is 4.79 Å². The molecule has 0 unspecified atom stereocenters. The van der Waals surface area contributed by atoms with Crippen LogP contribution in [0.1, 0.15) is 17.3 Å². The largest absolute Gasteiger partial charge is 0.495 e. The minimum absolute atomic E-state index is 0.115. The van der Waals surface area contributed by atoms with Crippen molar-refractivity contribution < 1.29 is 19.4 Å². The second-order valence-electron chi connectivity index (χ2n) is 3.75. The predicted octanol–water partition coefficient (Wildman–Crippen LogP) is 1.58. The third-order valence-corrected chi connectivity index (χ3v) is 3.14. The number of hydrogen-bond acceptors (Lipinski definition) is 4. The Bertz CT molecular complexity index is 411. The maximum Gasteiger partial charge on any atom is 0.251 e. The molecule has 2 N–H and O–H groups in total. The van der Waals surface area contributed by atoms with Gasteiger partial charge in [-0.15, -0.1) is 0 Å². The number of nitrogens with one attached hydrogen (secondary N) is 1. The Morgan fingerprint density at radius 2 is 1.89 bits per heavy atom. The summed E-state index contributed by atoms with van der Waals surface area (Å²) in [4.78, 5) is 11.9. The third-order valence-electron chi connectivity index (χ3n) is 2.36. The summed E-state index contributed by atoms with van der Waals surface area (Å²) < 4.78 is 11.0. The molecular weight excluding hydrogens is 302 g/mol. The van der Waals surface area contributed by atoms with Crippen molar-refractivity contribution in [1.82, 2.24) is 5.32 Å². The summed E-state index contributed by atoms with van der Waals surface area (Å²) in [5.41, 5.74) is 0.409. The van der Waals surface area contributed by atoms with E-state index in [1.54, 1.807) is 19.1 Å². The van der Waals surface area contributed by atoms with E-state index in [0.717, 1.165) is 0 Å². The quantitative estimate of drug-likeness (QED) is 0.865. The van der Waals surface area contributed by atoms with Crippen molar-refractivity contribution in [2.75, 3.05) is 20.8 Å². The molecule has 0 aliphatic rings. The van der Waals surface area contributed by atoms with E-state index in [-0.39, 0.29) is 18.6 Å². The lowest BCUT2D eigenvalue weighted by atomic mass is 10.1. The minimum Gasteiger partial charge on any atom is -0.495 e. The molecule has 0 saturated heterocycles. The van der Waals surface area contributed by atoms with Gasteiger partial charge in [-0.1, -0.05) is 0 Å². The molecule has 5 nitrogen and oxygen atoms in total. The zero-order valence-electron chi connectivity index (χ0n) is 10.5. The summed E-state index contributed by atoms with van der Waals surface area (Å²) in [6.45, 7) is 1.60. The number of aliphatic hydroxyl groups excluding tert-OH is 1. The van der Waals surface area contributed by atoms with Crippen molar-refractivity contribution in [3.05, 3.63) is 22.2 Å². The predicted molar refractivity (Wildman–Crippen MR) is 71.3 cm³/mol. The molecule has 1 aromatic carbocycles. The molecule has 1 amide bonds. The van der Waals surface area contributed by atoms with Crippen LogP contribution in [0.5, 0.6) is 11.5 Å². The van der Waals surface area contributed by atoms with E-state index in [1.807, 2.05) is 0 Å². The van der Waals surface area contributed by atoms with Crippen molar-refractivity contribution in [3.8, 4) is 11.5 Å². The molecule has 0 aromatic heterocycles. The van der Waals surface area contributed by atoms with Gasteiger partial charge in [-0.25, -0.2) is 0 Å². The lowest BCUT2D eigenvalue weighted by molar-refractivity contribution is 0.0921. The van der Waals surface area contributed by atoms with Gasteiger partial charge in [0, 0.05) is 11.6 Å². The molecule has 1 rings (SSSR count). The molecule has 18 heavy (non-hydrogen) atoms. The van der Waals surface area contributed by atoms with Crippen LogP contribution in [0.15, 0.2) is 16.6 Å². The molecule has 1 atom stereocenters. The number of hydrogen-bond donors (Lipinski definition) is 2. The number of amides is 1. The van der Waals surface area contributed by atoms with Gasteiger partial charge in [-0.3, -0.25) is 4.79 Å². The van der Waals surface area contributed by atoms with Crippen molar-refractivity contribution in [2.45, 2.75) is 13.0 Å². The second kappa shape index (κ2) is 6.61. The molecule has 1 aromatic rings. The first kappa shape index (κ1) is 14.8. The number of halogens is 1. The highest BCUT2D eigenvalue weighted by molar-refractivity contribution is 9.10. The summed E-state index contributed by atoms with van der Waals surface area (Å²) in [5.74, 6) is 0.730. The number of carbonyl (C=O) groups excluding carboxylic acids is 1. The standard InChI is InChI=1S/C12H16BrNO4/c1-7(6-15)14-12(16)8-4-9(17-2)11(13)10(5-8)18-3/h4-5,7,15H,6H2,1-3H3,(H,14,16)/t7-/m0/s1. The fourth-order valence-corrected chi connectivity index (χ4v) is 1.91. The molecular formula is C12H16BrNO4. The smallest absolute Gasteiger partial charge is 0.251 e. The summed E-state index contributed by atoms with van der Waals surface area (Å²) in [7, 11) is 3.02. The van der Waals surface area contributed by atoms with Crippen molar-refractivity contribution >= 4 is 21.8 Å². The van der Waals surface area contributed by atoms with Gasteiger partial charge in [0.2, 0.25) is 0 Å². The normalized spacial score (nSPS) is 11.8. The maximum atomic E-state index is 11.9. The van der Waals surface area contributed by atoms with Gasteiger partial charge >= 0.3 is 0 Å². The van der Waals surface area contributed by atoms with E-state index >= 15 is 0 Å². The number of aliphatic hydroxyl groups is 1. The Morgan fingerprint density at radius 1 is 1.39 bits per heavy atom. The van der Waals surface area contributed by atoms with Gasteiger partial charge < -0.3 is 19.9 Å². The van der Waals surface area contributed by atoms with Crippen molar-refractivity contribution in [1.29, 1.82) is 0 Å². The van der Waals surface area contributed by atoms with Crippen LogP contribution in [-0.4, -0.2) is 37.9 Å². The lowest BCUT2D eigenvalue weighted by Crippen LogP contribution is -2.35. The lowest BCUT2D eigenvalue weighted by Gasteiger charge is -2.14. The van der Waals surface area contributed by atoms with Gasteiger partial charge in [0.25, 0.3) is 5.91 Å². The van der Waals surface area contributed by atoms with Crippen LogP contribution in [0.4, 0.5) is 0 Å². The van der Waals surface area contributed by atoms with Crippen LogP contribution in [0.3, 0.4) is 0 Å². The van der Waals surface area contributed by atoms with Crippen molar-refractivity contribution in [3.63, 3.8) is 0 Å². The van der Waals surface area contributed by atoms with Gasteiger partial charge in [-0.2, -0.15) is 0 Å². The van der Waals surface area contributed by atoms with E-state index in [4.69, 9.17) is 14.6 Å². The molecule has 100 valence electrons. The molecule has 6 heteroatoms. The Labute approximate surface area is 114 Å². The van der Waals surface area contributed by atoms with E-state index in [2.05, 4.69) is 21.2 Å². The first-order chi connectivity index (χ1) is 8.53. The summed E-state index contributed by atoms with van der Waals surface area (Å²) in [5, 5.41) is 11.6. The molecule has 0 radical (unpaired) electrons. The van der Waals surface area contributed by atoms with Gasteiger partial charge in [0.1, 0.15) is 16.0 Å². The fraction of sp³-hybridized carbons (Fsp3) is 0.417. The number of carbonyl (C=O) groups is 1. The molecule has 0 aliphatic heterocycles. The molecule has 0 fully saturated rings. The summed E-state index contributed by atoms with van der Waals surface area (Å²) in [6.07, 6.45) is 0. The maximum absolute atomic E-state index is 11.9. The third kappa shape index (κ3) is 3.36. The summed E-state index contributed by atoms with van der Waals surface area (Å²) >= 11 is 3.33.